The summed E-state index contributed by atoms with van der Waals surface area (Å²) < 4.78 is 0. The van der Waals surface area contributed by atoms with Gasteiger partial charge in [-0.3, -0.25) is 4.79 Å². The number of hydrogen-bond donors (Lipinski definition) is 1. The van der Waals surface area contributed by atoms with Gasteiger partial charge < -0.3 is 10.2 Å². The van der Waals surface area contributed by atoms with Crippen LogP contribution in [0.4, 0.5) is 0 Å². The molecule has 0 saturated heterocycles. The van der Waals surface area contributed by atoms with Gasteiger partial charge in [-0.05, 0) is 31.5 Å². The van der Waals surface area contributed by atoms with Crippen molar-refractivity contribution in [3.05, 3.63) is 41.5 Å². The minimum atomic E-state index is 0.0847. The van der Waals surface area contributed by atoms with Crippen molar-refractivity contribution in [1.29, 1.82) is 0 Å². The van der Waals surface area contributed by atoms with Crippen LogP contribution in [-0.2, 0) is 11.3 Å². The minimum Gasteiger partial charge on any atom is -0.316 e. The molecule has 19 heavy (non-hydrogen) atoms. The third-order valence-electron chi connectivity index (χ3n) is 3.02. The van der Waals surface area contributed by atoms with Crippen LogP contribution in [0, 0.1) is 0 Å². The van der Waals surface area contributed by atoms with Crippen molar-refractivity contribution >= 4 is 11.6 Å². The largest absolute Gasteiger partial charge is 0.316 e. The van der Waals surface area contributed by atoms with E-state index in [-0.39, 0.29) is 5.91 Å². The predicted molar refractivity (Wildman–Crippen MR) is 80.5 cm³/mol. The van der Waals surface area contributed by atoms with E-state index in [1.165, 1.54) is 5.56 Å². The van der Waals surface area contributed by atoms with Crippen LogP contribution in [0.3, 0.4) is 0 Å². The Labute approximate surface area is 116 Å². The molecule has 0 aliphatic carbocycles. The third kappa shape index (κ3) is 4.21. The highest BCUT2D eigenvalue weighted by atomic mass is 16.2. The van der Waals surface area contributed by atoms with E-state index in [4.69, 9.17) is 0 Å². The van der Waals surface area contributed by atoms with E-state index in [0.717, 1.165) is 24.2 Å². The van der Waals surface area contributed by atoms with Crippen LogP contribution < -0.4 is 5.32 Å². The number of allylic oxidation sites excluding steroid dienone is 1. The van der Waals surface area contributed by atoms with E-state index in [0.29, 0.717) is 6.54 Å². The van der Waals surface area contributed by atoms with Crippen molar-refractivity contribution in [2.24, 2.45) is 0 Å². The van der Waals surface area contributed by atoms with E-state index in [2.05, 4.69) is 42.6 Å². The number of nitrogens with zero attached hydrogens (tertiary/aromatic N) is 1. The summed E-state index contributed by atoms with van der Waals surface area (Å²) in [4.78, 5) is 13.5. The minimum absolute atomic E-state index is 0.0847. The molecule has 0 aliphatic rings. The zero-order valence-corrected chi connectivity index (χ0v) is 12.4. The predicted octanol–water partition coefficient (Wildman–Crippen LogP) is 3.03. The Kier molecular flexibility index (Phi) is 6.30. The molecule has 0 heterocycles. The maximum absolute atomic E-state index is 11.7. The second-order valence-electron chi connectivity index (χ2n) is 4.49. The van der Waals surface area contributed by atoms with Crippen molar-refractivity contribution in [1.82, 2.24) is 10.2 Å². The van der Waals surface area contributed by atoms with Crippen molar-refractivity contribution in [3.8, 4) is 0 Å². The van der Waals surface area contributed by atoms with Crippen LogP contribution in [0.1, 0.15) is 38.3 Å². The molecule has 0 aromatic heterocycles. The quantitative estimate of drug-likeness (QED) is 0.852. The van der Waals surface area contributed by atoms with E-state index in [1.54, 1.807) is 6.92 Å². The van der Waals surface area contributed by atoms with Gasteiger partial charge in [0.1, 0.15) is 0 Å². The monoisotopic (exact) mass is 260 g/mol. The molecule has 1 amide bonds. The first-order chi connectivity index (χ1) is 9.13. The summed E-state index contributed by atoms with van der Waals surface area (Å²) in [5.41, 5.74) is 3.35. The van der Waals surface area contributed by atoms with Gasteiger partial charge in [-0.25, -0.2) is 0 Å². The normalized spacial score (nSPS) is 11.5. The summed E-state index contributed by atoms with van der Waals surface area (Å²) in [7, 11) is 1.94. The molecule has 3 heteroatoms. The number of amides is 1. The van der Waals surface area contributed by atoms with Crippen LogP contribution in [0.15, 0.2) is 30.3 Å². The molecule has 0 atom stereocenters. The second kappa shape index (κ2) is 7.74. The molecule has 1 N–H and O–H groups in total. The standard InChI is InChI=1S/C16H24N2O/c1-5-7-16(18(6-2)13(3)19)15-10-8-14(9-11-15)12-17-4/h7-11,17H,5-6,12H2,1-4H3/b16-7-. The lowest BCUT2D eigenvalue weighted by molar-refractivity contribution is -0.125. The number of hydrogen-bond acceptors (Lipinski definition) is 2. The number of nitrogens with one attached hydrogen (secondary N) is 1. The van der Waals surface area contributed by atoms with Crippen LogP contribution in [0.25, 0.3) is 5.70 Å². The fourth-order valence-electron chi connectivity index (χ4n) is 2.14. The topological polar surface area (TPSA) is 32.3 Å². The molecule has 1 aromatic rings. The summed E-state index contributed by atoms with van der Waals surface area (Å²) in [5.74, 6) is 0.0847. The number of carbonyl (C=O) groups excluding carboxylic acids is 1. The van der Waals surface area contributed by atoms with Gasteiger partial charge in [-0.15, -0.1) is 0 Å². The maximum atomic E-state index is 11.7. The Morgan fingerprint density at radius 1 is 1.26 bits per heavy atom. The first kappa shape index (κ1) is 15.4. The van der Waals surface area contributed by atoms with Crippen LogP contribution >= 0.6 is 0 Å². The molecule has 0 bridgehead atoms. The summed E-state index contributed by atoms with van der Waals surface area (Å²) in [6, 6.07) is 8.37. The van der Waals surface area contributed by atoms with E-state index >= 15 is 0 Å². The zero-order chi connectivity index (χ0) is 14.3. The molecule has 0 aliphatic heterocycles. The van der Waals surface area contributed by atoms with Crippen molar-refractivity contribution in [3.63, 3.8) is 0 Å². The molecule has 0 saturated carbocycles. The average Bonchev–Trinajstić information content (AvgIpc) is 2.39. The molecule has 0 fully saturated rings. The second-order valence-corrected chi connectivity index (χ2v) is 4.49. The summed E-state index contributed by atoms with van der Waals surface area (Å²) in [6.45, 7) is 7.25. The SMILES string of the molecule is CC/C=C(/c1ccc(CNC)cc1)N(CC)C(C)=O. The van der Waals surface area contributed by atoms with Gasteiger partial charge in [0.15, 0.2) is 0 Å². The van der Waals surface area contributed by atoms with E-state index in [9.17, 15) is 4.79 Å². The average molecular weight is 260 g/mol. The molecule has 0 radical (unpaired) electrons. The fraction of sp³-hybridized carbons (Fsp3) is 0.438. The summed E-state index contributed by atoms with van der Waals surface area (Å²) in [5, 5.41) is 3.13. The van der Waals surface area contributed by atoms with E-state index in [1.807, 2.05) is 18.9 Å². The van der Waals surface area contributed by atoms with Crippen LogP contribution in [0.2, 0.25) is 0 Å². The van der Waals surface area contributed by atoms with Gasteiger partial charge in [0.25, 0.3) is 0 Å². The Bertz CT molecular complexity index is 435. The molecule has 0 unspecified atom stereocenters. The van der Waals surface area contributed by atoms with Gasteiger partial charge in [0.2, 0.25) is 5.91 Å². The highest BCUT2D eigenvalue weighted by molar-refractivity contribution is 5.85. The molecular formula is C16H24N2O. The maximum Gasteiger partial charge on any atom is 0.223 e. The van der Waals surface area contributed by atoms with Gasteiger partial charge in [0.05, 0.1) is 0 Å². The number of rotatable bonds is 6. The first-order valence-corrected chi connectivity index (χ1v) is 6.86. The first-order valence-electron chi connectivity index (χ1n) is 6.86. The fourth-order valence-corrected chi connectivity index (χ4v) is 2.14. The van der Waals surface area contributed by atoms with Crippen molar-refractivity contribution in [2.75, 3.05) is 13.6 Å². The van der Waals surface area contributed by atoms with Crippen molar-refractivity contribution < 1.29 is 4.79 Å². The highest BCUT2D eigenvalue weighted by Gasteiger charge is 2.13. The Hall–Kier alpha value is -1.61. The number of benzene rings is 1. The molecule has 3 nitrogen and oxygen atoms in total. The Morgan fingerprint density at radius 2 is 1.89 bits per heavy atom. The van der Waals surface area contributed by atoms with Crippen LogP contribution in [0.5, 0.6) is 0 Å². The number of carbonyl (C=O) groups is 1. The third-order valence-corrected chi connectivity index (χ3v) is 3.02. The van der Waals surface area contributed by atoms with Gasteiger partial charge >= 0.3 is 0 Å². The molecule has 1 aromatic carbocycles. The molecule has 0 spiro atoms. The lowest BCUT2D eigenvalue weighted by Gasteiger charge is -2.23. The Balaban J connectivity index is 3.05. The van der Waals surface area contributed by atoms with Gasteiger partial charge in [-0.1, -0.05) is 37.3 Å². The van der Waals surface area contributed by atoms with Gasteiger partial charge in [-0.2, -0.15) is 0 Å². The molecule has 1 rings (SSSR count). The Morgan fingerprint density at radius 3 is 2.32 bits per heavy atom. The molecular weight excluding hydrogens is 236 g/mol. The van der Waals surface area contributed by atoms with Gasteiger partial charge in [0, 0.05) is 25.7 Å². The molecule has 104 valence electrons. The van der Waals surface area contributed by atoms with E-state index < -0.39 is 0 Å². The zero-order valence-electron chi connectivity index (χ0n) is 12.4. The van der Waals surface area contributed by atoms with Crippen LogP contribution in [-0.4, -0.2) is 24.4 Å². The highest BCUT2D eigenvalue weighted by Crippen LogP contribution is 2.20. The van der Waals surface area contributed by atoms with Crippen molar-refractivity contribution in [2.45, 2.75) is 33.7 Å². The lowest BCUT2D eigenvalue weighted by Crippen LogP contribution is -2.26. The summed E-state index contributed by atoms with van der Waals surface area (Å²) in [6.07, 6.45) is 3.02. The lowest BCUT2D eigenvalue weighted by atomic mass is 10.1. The summed E-state index contributed by atoms with van der Waals surface area (Å²) >= 11 is 0. The smallest absolute Gasteiger partial charge is 0.223 e.